The van der Waals surface area contributed by atoms with Gasteiger partial charge < -0.3 is 14.3 Å². The summed E-state index contributed by atoms with van der Waals surface area (Å²) in [5.74, 6) is 0.634. The summed E-state index contributed by atoms with van der Waals surface area (Å²) in [5.41, 5.74) is 19.2. The molecule has 2 aromatic heterocycles. The summed E-state index contributed by atoms with van der Waals surface area (Å²) in [6, 6.07) is 62.9. The molecule has 0 aliphatic carbocycles. The van der Waals surface area contributed by atoms with Gasteiger partial charge in [-0.2, -0.15) is 0 Å². The molecular weight excluding hydrogens is 669 g/mol. The molecule has 55 heavy (non-hydrogen) atoms. The van der Waals surface area contributed by atoms with Crippen molar-refractivity contribution in [2.45, 2.75) is 6.92 Å². The van der Waals surface area contributed by atoms with E-state index in [4.69, 9.17) is 9.40 Å². The number of hydrogen-bond donors (Lipinski definition) is 1. The van der Waals surface area contributed by atoms with Crippen LogP contribution in [-0.2, 0) is 0 Å². The number of anilines is 2. The molecule has 4 nitrogen and oxygen atoms in total. The molecule has 258 valence electrons. The summed E-state index contributed by atoms with van der Waals surface area (Å²) in [7, 11) is 0.744. The van der Waals surface area contributed by atoms with E-state index in [1.54, 1.807) is 0 Å². The normalized spacial score (nSPS) is 11.9. The lowest BCUT2D eigenvalue weighted by Crippen LogP contribution is -2.37. The Hall–Kier alpha value is -7.11. The molecule has 0 spiro atoms. The minimum Gasteiger partial charge on any atom is -0.436 e. The fraction of sp³-hybridized carbons (Fsp3) is 0.0200. The Balaban J connectivity index is 1.23. The highest BCUT2D eigenvalue weighted by atomic mass is 16.3. The van der Waals surface area contributed by atoms with E-state index in [1.165, 1.54) is 66.1 Å². The second kappa shape index (κ2) is 12.5. The van der Waals surface area contributed by atoms with Crippen molar-refractivity contribution in [1.29, 1.82) is 0 Å². The van der Waals surface area contributed by atoms with Crippen molar-refractivity contribution in [1.82, 2.24) is 9.55 Å². The van der Waals surface area contributed by atoms with Crippen LogP contribution in [0, 0.1) is 6.92 Å². The molecule has 10 aromatic rings. The minimum atomic E-state index is 0.634. The number of benzene rings is 8. The van der Waals surface area contributed by atoms with E-state index >= 15 is 0 Å². The van der Waals surface area contributed by atoms with Crippen LogP contribution in [0.15, 0.2) is 180 Å². The summed E-state index contributed by atoms with van der Waals surface area (Å²) in [4.78, 5) is 5.02. The molecule has 8 aromatic carbocycles. The maximum atomic E-state index is 6.46. The SMILES string of the molecule is Cc1ccc(Nc2ccccc2-c2cc(-c3ccccc3-c3ccccc3)c3c4ccccc4n4c3c2Bc2cc3oc(-c5ccccc5)nc3cc2-4)cc1. The number of nitrogens with one attached hydrogen (secondary N) is 1. The summed E-state index contributed by atoms with van der Waals surface area (Å²) in [5, 5.41) is 6.28. The second-order valence-electron chi connectivity index (χ2n) is 14.5. The van der Waals surface area contributed by atoms with Crippen molar-refractivity contribution in [2.24, 2.45) is 0 Å². The van der Waals surface area contributed by atoms with Gasteiger partial charge in [-0.05, 0) is 94.8 Å². The van der Waals surface area contributed by atoms with Crippen molar-refractivity contribution in [2.75, 3.05) is 5.32 Å². The number of oxazole rings is 1. The number of hydrogen-bond acceptors (Lipinski definition) is 3. The number of nitrogens with zero attached hydrogens (tertiary/aromatic N) is 2. The van der Waals surface area contributed by atoms with Crippen LogP contribution in [0.5, 0.6) is 0 Å². The van der Waals surface area contributed by atoms with Gasteiger partial charge in [0.1, 0.15) is 5.52 Å². The van der Waals surface area contributed by atoms with Crippen LogP contribution in [0.1, 0.15) is 5.56 Å². The third kappa shape index (κ3) is 5.12. The van der Waals surface area contributed by atoms with Gasteiger partial charge in [0.2, 0.25) is 5.89 Å². The molecule has 0 saturated heterocycles. The zero-order valence-corrected chi connectivity index (χ0v) is 30.3. The quantitative estimate of drug-likeness (QED) is 0.175. The molecule has 0 atom stereocenters. The van der Waals surface area contributed by atoms with Gasteiger partial charge in [0.15, 0.2) is 12.9 Å². The first-order valence-corrected chi connectivity index (χ1v) is 18.8. The standard InChI is InChI=1S/C50H34BN3O/c1-31-24-26-34(27-25-31)52-42-22-12-10-20-37(42)40-28-39(36-19-9-8-18-35(36)32-14-4-2-5-15-32)47-38-21-11-13-23-44(38)54-45-30-43-46(29-41(45)51-48(40)49(47)54)55-50(53-43)33-16-6-3-7-17-33/h2-30,51-52H,1H3. The van der Waals surface area contributed by atoms with Crippen molar-refractivity contribution in [3.8, 4) is 50.5 Å². The summed E-state index contributed by atoms with van der Waals surface area (Å²) in [6.07, 6.45) is 0. The van der Waals surface area contributed by atoms with Crippen molar-refractivity contribution in [3.63, 3.8) is 0 Å². The van der Waals surface area contributed by atoms with Gasteiger partial charge in [0.25, 0.3) is 0 Å². The molecule has 0 amide bonds. The monoisotopic (exact) mass is 703 g/mol. The lowest BCUT2D eigenvalue weighted by Gasteiger charge is -2.25. The molecule has 0 unspecified atom stereocenters. The van der Waals surface area contributed by atoms with Gasteiger partial charge in [-0.25, -0.2) is 4.98 Å². The number of rotatable bonds is 6. The summed E-state index contributed by atoms with van der Waals surface area (Å²) >= 11 is 0. The zero-order chi connectivity index (χ0) is 36.5. The predicted octanol–water partition coefficient (Wildman–Crippen LogP) is 11.3. The van der Waals surface area contributed by atoms with E-state index in [0.717, 1.165) is 46.6 Å². The van der Waals surface area contributed by atoms with Gasteiger partial charge in [-0.1, -0.05) is 132 Å². The lowest BCUT2D eigenvalue weighted by molar-refractivity contribution is 0.620. The van der Waals surface area contributed by atoms with Gasteiger partial charge in [0.05, 0.1) is 5.52 Å². The van der Waals surface area contributed by atoms with E-state index in [-0.39, 0.29) is 0 Å². The molecule has 0 bridgehead atoms. The average molecular weight is 704 g/mol. The Morgan fingerprint density at radius 2 is 1.25 bits per heavy atom. The predicted molar refractivity (Wildman–Crippen MR) is 231 cm³/mol. The first-order valence-electron chi connectivity index (χ1n) is 18.8. The first-order chi connectivity index (χ1) is 27.2. The van der Waals surface area contributed by atoms with Gasteiger partial charge in [-0.15, -0.1) is 0 Å². The molecule has 11 rings (SSSR count). The van der Waals surface area contributed by atoms with Gasteiger partial charge in [0, 0.05) is 44.5 Å². The summed E-state index contributed by atoms with van der Waals surface area (Å²) < 4.78 is 8.95. The fourth-order valence-corrected chi connectivity index (χ4v) is 8.57. The van der Waals surface area contributed by atoms with E-state index in [2.05, 4.69) is 162 Å². The Labute approximate surface area is 319 Å². The van der Waals surface area contributed by atoms with Crippen LogP contribution in [-0.4, -0.2) is 16.8 Å². The number of fused-ring (bicyclic) bond motifs is 6. The fourth-order valence-electron chi connectivity index (χ4n) is 8.57. The van der Waals surface area contributed by atoms with Crippen LogP contribution < -0.4 is 16.2 Å². The smallest absolute Gasteiger partial charge is 0.227 e. The molecule has 3 heterocycles. The second-order valence-corrected chi connectivity index (χ2v) is 14.5. The van der Waals surface area contributed by atoms with E-state index in [1.807, 2.05) is 30.3 Å². The Kier molecular flexibility index (Phi) is 7.14. The van der Waals surface area contributed by atoms with Crippen LogP contribution >= 0.6 is 0 Å². The Bertz CT molecular complexity index is 3090. The third-order valence-corrected chi connectivity index (χ3v) is 11.1. The maximum absolute atomic E-state index is 6.46. The van der Waals surface area contributed by atoms with Gasteiger partial charge in [-0.3, -0.25) is 0 Å². The van der Waals surface area contributed by atoms with Gasteiger partial charge >= 0.3 is 0 Å². The van der Waals surface area contributed by atoms with Crippen LogP contribution in [0.4, 0.5) is 11.4 Å². The van der Waals surface area contributed by atoms with Crippen LogP contribution in [0.25, 0.3) is 83.4 Å². The number of aromatic nitrogens is 2. The molecule has 1 aliphatic heterocycles. The molecule has 0 fully saturated rings. The number of para-hydroxylation sites is 2. The van der Waals surface area contributed by atoms with Crippen molar-refractivity contribution < 1.29 is 4.42 Å². The highest BCUT2D eigenvalue weighted by Crippen LogP contribution is 2.45. The number of aryl methyl sites for hydroxylation is 1. The molecule has 0 saturated carbocycles. The van der Waals surface area contributed by atoms with E-state index in [0.29, 0.717) is 5.89 Å². The van der Waals surface area contributed by atoms with E-state index in [9.17, 15) is 0 Å². The van der Waals surface area contributed by atoms with Crippen molar-refractivity contribution >= 4 is 62.5 Å². The summed E-state index contributed by atoms with van der Waals surface area (Å²) in [6.45, 7) is 2.12. The average Bonchev–Trinajstić information content (AvgIpc) is 3.82. The molecule has 0 radical (unpaired) electrons. The highest BCUT2D eigenvalue weighted by molar-refractivity contribution is 6.74. The first kappa shape index (κ1) is 31.4. The lowest BCUT2D eigenvalue weighted by atomic mass is 9.58. The third-order valence-electron chi connectivity index (χ3n) is 11.1. The van der Waals surface area contributed by atoms with Crippen LogP contribution in [0.2, 0.25) is 0 Å². The molecule has 1 aliphatic rings. The highest BCUT2D eigenvalue weighted by Gasteiger charge is 2.30. The minimum absolute atomic E-state index is 0.634. The zero-order valence-electron chi connectivity index (χ0n) is 30.3. The van der Waals surface area contributed by atoms with Crippen molar-refractivity contribution in [3.05, 3.63) is 181 Å². The maximum Gasteiger partial charge on any atom is 0.227 e. The molecular formula is C50H34BN3O. The largest absolute Gasteiger partial charge is 0.436 e. The topological polar surface area (TPSA) is 43.0 Å². The van der Waals surface area contributed by atoms with E-state index < -0.39 is 0 Å². The Morgan fingerprint density at radius 3 is 2.05 bits per heavy atom. The Morgan fingerprint density at radius 1 is 0.582 bits per heavy atom. The van der Waals surface area contributed by atoms with Crippen LogP contribution in [0.3, 0.4) is 0 Å². The molecule has 5 heteroatoms. The molecule has 1 N–H and O–H groups in total.